The Balaban J connectivity index is 1.77. The number of fused-ring (bicyclic) bond motifs is 3. The van der Waals surface area contributed by atoms with Crippen molar-refractivity contribution in [2.75, 3.05) is 11.5 Å². The van der Waals surface area contributed by atoms with E-state index in [9.17, 15) is 0 Å². The lowest BCUT2D eigenvalue weighted by Gasteiger charge is -2.09. The predicted octanol–water partition coefficient (Wildman–Crippen LogP) is 3.92. The number of aromatic nitrogens is 3. The topological polar surface area (TPSA) is 82.8 Å². The number of hydrogen-bond donors (Lipinski definition) is 2. The summed E-state index contributed by atoms with van der Waals surface area (Å²) in [5, 5.41) is 1.87. The molecular weight excluding hydrogens is 310 g/mol. The molecule has 0 amide bonds. The van der Waals surface area contributed by atoms with E-state index in [-0.39, 0.29) is 5.95 Å². The highest BCUT2D eigenvalue weighted by atomic mass is 15.0. The first kappa shape index (κ1) is 15.4. The normalized spacial score (nSPS) is 11.6. The lowest BCUT2D eigenvalue weighted by molar-refractivity contribution is 0.829. The number of rotatable bonds is 3. The van der Waals surface area contributed by atoms with Gasteiger partial charge in [0.25, 0.3) is 0 Å². The molecule has 0 saturated carbocycles. The lowest BCUT2D eigenvalue weighted by Crippen LogP contribution is -2.01. The van der Waals surface area contributed by atoms with E-state index in [1.165, 1.54) is 11.1 Å². The zero-order chi connectivity index (χ0) is 17.6. The Bertz CT molecular complexity index is 1060. The second-order valence-electron chi connectivity index (χ2n) is 6.70. The third-order valence-corrected chi connectivity index (χ3v) is 4.66. The summed E-state index contributed by atoms with van der Waals surface area (Å²) in [7, 11) is 0. The predicted molar refractivity (Wildman–Crippen MR) is 103 cm³/mol. The number of benzene rings is 2. The van der Waals surface area contributed by atoms with Gasteiger partial charge in [0.05, 0.1) is 11.0 Å². The molecule has 2 heterocycles. The summed E-state index contributed by atoms with van der Waals surface area (Å²) in [6.45, 7) is 5.22. The van der Waals surface area contributed by atoms with Crippen molar-refractivity contribution in [1.29, 1.82) is 0 Å². The number of anilines is 2. The zero-order valence-electron chi connectivity index (χ0n) is 14.4. The third kappa shape index (κ3) is 2.67. The monoisotopic (exact) mass is 331 g/mol. The minimum atomic E-state index is 0.203. The third-order valence-electron chi connectivity index (χ3n) is 4.66. The molecule has 0 aliphatic carbocycles. The number of hydrogen-bond acceptors (Lipinski definition) is 4. The van der Waals surface area contributed by atoms with Crippen LogP contribution >= 0.6 is 0 Å². The van der Waals surface area contributed by atoms with E-state index in [1.807, 2.05) is 6.07 Å². The van der Waals surface area contributed by atoms with Gasteiger partial charge in [-0.25, -0.2) is 4.98 Å². The number of nitrogens with two attached hydrogens (primary N) is 2. The Morgan fingerprint density at radius 2 is 1.68 bits per heavy atom. The van der Waals surface area contributed by atoms with Crippen molar-refractivity contribution in [2.24, 2.45) is 0 Å². The summed E-state index contributed by atoms with van der Waals surface area (Å²) in [4.78, 5) is 8.43. The summed E-state index contributed by atoms with van der Waals surface area (Å²) in [6.07, 6.45) is 2.08. The van der Waals surface area contributed by atoms with Crippen molar-refractivity contribution in [1.82, 2.24) is 14.5 Å². The van der Waals surface area contributed by atoms with Gasteiger partial charge >= 0.3 is 0 Å². The smallest absolute Gasteiger partial charge is 0.222 e. The SMILES string of the molecule is CC(C)c1ccc(Cn2ccc3c4nc(N)nc(N)c4ccc32)cc1. The van der Waals surface area contributed by atoms with Crippen LogP contribution < -0.4 is 11.5 Å². The summed E-state index contributed by atoms with van der Waals surface area (Å²) >= 11 is 0. The zero-order valence-corrected chi connectivity index (χ0v) is 14.4. The molecule has 0 saturated heterocycles. The van der Waals surface area contributed by atoms with Crippen molar-refractivity contribution in [3.63, 3.8) is 0 Å². The number of nitrogens with zero attached hydrogens (tertiary/aromatic N) is 3. The van der Waals surface area contributed by atoms with Crippen LogP contribution in [0.25, 0.3) is 21.8 Å². The summed E-state index contributed by atoms with van der Waals surface area (Å²) < 4.78 is 2.22. The van der Waals surface area contributed by atoms with Gasteiger partial charge in [-0.3, -0.25) is 0 Å². The molecule has 0 radical (unpaired) electrons. The molecule has 0 aliphatic rings. The van der Waals surface area contributed by atoms with Gasteiger partial charge in [0.15, 0.2) is 0 Å². The fourth-order valence-corrected chi connectivity index (χ4v) is 3.25. The van der Waals surface area contributed by atoms with Crippen molar-refractivity contribution < 1.29 is 0 Å². The van der Waals surface area contributed by atoms with Crippen LogP contribution in [0.3, 0.4) is 0 Å². The highest BCUT2D eigenvalue weighted by Crippen LogP contribution is 2.28. The van der Waals surface area contributed by atoms with E-state index in [0.717, 1.165) is 28.4 Å². The molecular formula is C20H21N5. The molecule has 0 spiro atoms. The van der Waals surface area contributed by atoms with Crippen LogP contribution in [0.1, 0.15) is 30.9 Å². The fraction of sp³-hybridized carbons (Fsp3) is 0.200. The van der Waals surface area contributed by atoms with E-state index < -0.39 is 0 Å². The minimum absolute atomic E-state index is 0.203. The quantitative estimate of drug-likeness (QED) is 0.596. The Morgan fingerprint density at radius 3 is 2.40 bits per heavy atom. The standard InChI is InChI=1S/C20H21N5/c1-12(2)14-5-3-13(4-6-14)11-25-10-9-15-17(25)8-7-16-18(15)23-20(22)24-19(16)21/h3-10,12H,11H2,1-2H3,(H4,21,22,23,24). The molecule has 0 bridgehead atoms. The molecule has 4 aromatic rings. The molecule has 4 rings (SSSR count). The Labute approximate surface area is 146 Å². The second kappa shape index (κ2) is 5.77. The molecule has 0 fully saturated rings. The van der Waals surface area contributed by atoms with Crippen molar-refractivity contribution >= 4 is 33.6 Å². The summed E-state index contributed by atoms with van der Waals surface area (Å²) in [5.74, 6) is 1.17. The molecule has 0 aliphatic heterocycles. The van der Waals surface area contributed by atoms with Crippen LogP contribution in [-0.2, 0) is 6.54 Å². The molecule has 2 aromatic heterocycles. The van der Waals surface area contributed by atoms with Crippen LogP contribution in [-0.4, -0.2) is 14.5 Å². The molecule has 4 N–H and O–H groups in total. The van der Waals surface area contributed by atoms with Gasteiger partial charge in [-0.1, -0.05) is 38.1 Å². The molecule has 2 aromatic carbocycles. The van der Waals surface area contributed by atoms with Crippen molar-refractivity contribution in [3.05, 3.63) is 59.8 Å². The van der Waals surface area contributed by atoms with Crippen LogP contribution in [0.2, 0.25) is 0 Å². The van der Waals surface area contributed by atoms with E-state index in [0.29, 0.717) is 11.7 Å². The molecule has 5 heteroatoms. The molecule has 0 unspecified atom stereocenters. The second-order valence-corrected chi connectivity index (χ2v) is 6.70. The molecule has 5 nitrogen and oxygen atoms in total. The first-order valence-corrected chi connectivity index (χ1v) is 8.42. The van der Waals surface area contributed by atoms with Gasteiger partial charge < -0.3 is 16.0 Å². The molecule has 0 atom stereocenters. The molecule has 25 heavy (non-hydrogen) atoms. The Morgan fingerprint density at radius 1 is 0.920 bits per heavy atom. The average molecular weight is 331 g/mol. The summed E-state index contributed by atoms with van der Waals surface area (Å²) in [6, 6.07) is 14.9. The van der Waals surface area contributed by atoms with E-state index >= 15 is 0 Å². The van der Waals surface area contributed by atoms with Crippen LogP contribution in [0.5, 0.6) is 0 Å². The van der Waals surface area contributed by atoms with Crippen LogP contribution in [0.15, 0.2) is 48.7 Å². The van der Waals surface area contributed by atoms with Gasteiger partial charge in [-0.2, -0.15) is 4.98 Å². The van der Waals surface area contributed by atoms with E-state index in [4.69, 9.17) is 11.5 Å². The summed E-state index contributed by atoms with van der Waals surface area (Å²) in [5.41, 5.74) is 16.3. The van der Waals surface area contributed by atoms with Gasteiger partial charge in [0.1, 0.15) is 5.82 Å². The van der Waals surface area contributed by atoms with Crippen molar-refractivity contribution in [2.45, 2.75) is 26.3 Å². The highest BCUT2D eigenvalue weighted by Gasteiger charge is 2.10. The van der Waals surface area contributed by atoms with Gasteiger partial charge in [0, 0.05) is 23.5 Å². The van der Waals surface area contributed by atoms with Gasteiger partial charge in [-0.05, 0) is 35.2 Å². The maximum atomic E-state index is 5.98. The first-order chi connectivity index (χ1) is 12.0. The Kier molecular flexibility index (Phi) is 3.57. The van der Waals surface area contributed by atoms with E-state index in [1.54, 1.807) is 0 Å². The van der Waals surface area contributed by atoms with Gasteiger partial charge in [-0.15, -0.1) is 0 Å². The van der Waals surface area contributed by atoms with Crippen molar-refractivity contribution in [3.8, 4) is 0 Å². The first-order valence-electron chi connectivity index (χ1n) is 8.42. The minimum Gasteiger partial charge on any atom is -0.383 e. The average Bonchev–Trinajstić information content (AvgIpc) is 2.98. The fourth-order valence-electron chi connectivity index (χ4n) is 3.25. The maximum absolute atomic E-state index is 5.98. The Hall–Kier alpha value is -3.08. The van der Waals surface area contributed by atoms with Gasteiger partial charge in [0.2, 0.25) is 5.95 Å². The molecule has 126 valence electrons. The maximum Gasteiger partial charge on any atom is 0.222 e. The largest absolute Gasteiger partial charge is 0.383 e. The highest BCUT2D eigenvalue weighted by molar-refractivity contribution is 6.07. The lowest BCUT2D eigenvalue weighted by atomic mass is 10.0. The van der Waals surface area contributed by atoms with Crippen LogP contribution in [0.4, 0.5) is 11.8 Å². The van der Waals surface area contributed by atoms with Crippen LogP contribution in [0, 0.1) is 0 Å². The van der Waals surface area contributed by atoms with E-state index in [2.05, 4.69) is 71.0 Å². The number of nitrogen functional groups attached to an aromatic ring is 2.